The summed E-state index contributed by atoms with van der Waals surface area (Å²) >= 11 is 7.56. The number of halogens is 1. The Labute approximate surface area is 160 Å². The molecule has 1 amide bonds. The molecule has 1 aromatic heterocycles. The van der Waals surface area contributed by atoms with E-state index >= 15 is 0 Å². The first kappa shape index (κ1) is 18.8. The summed E-state index contributed by atoms with van der Waals surface area (Å²) in [7, 11) is -3.72. The Morgan fingerprint density at radius 3 is 2.54 bits per heavy atom. The van der Waals surface area contributed by atoms with Crippen LogP contribution >= 0.6 is 22.9 Å². The fourth-order valence-corrected chi connectivity index (χ4v) is 5.30. The average molecular weight is 409 g/mol. The number of rotatable bonds is 4. The van der Waals surface area contributed by atoms with Crippen LogP contribution in [0.5, 0.6) is 0 Å². The minimum atomic E-state index is -3.72. The zero-order chi connectivity index (χ0) is 18.9. The van der Waals surface area contributed by atoms with E-state index in [1.54, 1.807) is 24.3 Å². The number of nitrogens with zero attached hydrogens (tertiary/aromatic N) is 2. The Kier molecular flexibility index (Phi) is 5.32. The number of aromatic nitrogens is 1. The predicted molar refractivity (Wildman–Crippen MR) is 104 cm³/mol. The number of fused-ring (bicyclic) bond motifs is 1. The number of amides is 1. The standard InChI is InChI=1S/C18H17ClN2O3S2/c1-3-21-16-12(2)9-10-14(19)17(16)25-18(21)20-15(22)11-26(23,24)13-7-5-4-6-8-13/h4-10H,3,11H2,1-2H3. The molecule has 8 heteroatoms. The summed E-state index contributed by atoms with van der Waals surface area (Å²) in [6.45, 7) is 4.50. The molecule has 0 saturated heterocycles. The molecule has 3 aromatic rings. The summed E-state index contributed by atoms with van der Waals surface area (Å²) in [5.74, 6) is -1.36. The second-order valence-electron chi connectivity index (χ2n) is 5.75. The molecule has 0 aliphatic rings. The van der Waals surface area contributed by atoms with Gasteiger partial charge in [0.2, 0.25) is 0 Å². The number of sulfone groups is 1. The van der Waals surface area contributed by atoms with Crippen LogP contribution in [0.2, 0.25) is 5.02 Å². The molecular weight excluding hydrogens is 392 g/mol. The number of hydrogen-bond donors (Lipinski definition) is 0. The Hall–Kier alpha value is -1.96. The lowest BCUT2D eigenvalue weighted by Crippen LogP contribution is -2.20. The van der Waals surface area contributed by atoms with Gasteiger partial charge < -0.3 is 4.57 Å². The van der Waals surface area contributed by atoms with E-state index in [0.29, 0.717) is 16.4 Å². The molecule has 0 N–H and O–H groups in total. The van der Waals surface area contributed by atoms with E-state index in [1.807, 2.05) is 24.5 Å². The number of carbonyl (C=O) groups excluding carboxylic acids is 1. The van der Waals surface area contributed by atoms with Gasteiger partial charge >= 0.3 is 0 Å². The molecule has 0 unspecified atom stereocenters. The van der Waals surface area contributed by atoms with E-state index in [0.717, 1.165) is 15.8 Å². The van der Waals surface area contributed by atoms with Crippen LogP contribution in [-0.4, -0.2) is 24.6 Å². The van der Waals surface area contributed by atoms with Crippen molar-refractivity contribution in [1.29, 1.82) is 0 Å². The van der Waals surface area contributed by atoms with Gasteiger partial charge in [-0.2, -0.15) is 4.99 Å². The first-order chi connectivity index (χ1) is 12.3. The highest BCUT2D eigenvalue weighted by Crippen LogP contribution is 2.28. The maximum absolute atomic E-state index is 12.4. The minimum Gasteiger partial charge on any atom is -0.316 e. The van der Waals surface area contributed by atoms with Crippen molar-refractivity contribution in [1.82, 2.24) is 4.57 Å². The highest BCUT2D eigenvalue weighted by Gasteiger charge is 2.19. The van der Waals surface area contributed by atoms with Crippen LogP contribution in [0, 0.1) is 6.92 Å². The fourth-order valence-electron chi connectivity index (χ4n) is 2.71. The normalized spacial score (nSPS) is 12.7. The number of hydrogen-bond acceptors (Lipinski definition) is 4. The molecule has 0 bridgehead atoms. The van der Waals surface area contributed by atoms with Crippen molar-refractivity contribution in [3.63, 3.8) is 0 Å². The molecule has 0 atom stereocenters. The molecule has 1 heterocycles. The topological polar surface area (TPSA) is 68.5 Å². The summed E-state index contributed by atoms with van der Waals surface area (Å²) in [6.07, 6.45) is 0. The van der Waals surface area contributed by atoms with Crippen LogP contribution in [0.1, 0.15) is 12.5 Å². The lowest BCUT2D eigenvalue weighted by atomic mass is 10.2. The van der Waals surface area contributed by atoms with Gasteiger partial charge in [0, 0.05) is 6.54 Å². The second-order valence-corrected chi connectivity index (χ2v) is 9.12. The van der Waals surface area contributed by atoms with Gasteiger partial charge in [-0.15, -0.1) is 0 Å². The molecule has 0 aliphatic carbocycles. The third-order valence-corrected chi connectivity index (χ3v) is 7.09. The minimum absolute atomic E-state index is 0.113. The first-order valence-electron chi connectivity index (χ1n) is 7.97. The van der Waals surface area contributed by atoms with Gasteiger partial charge in [-0.3, -0.25) is 4.79 Å². The number of benzene rings is 2. The zero-order valence-electron chi connectivity index (χ0n) is 14.3. The maximum Gasteiger partial charge on any atom is 0.263 e. The zero-order valence-corrected chi connectivity index (χ0v) is 16.7. The van der Waals surface area contributed by atoms with E-state index in [2.05, 4.69) is 4.99 Å². The third kappa shape index (κ3) is 3.60. The average Bonchev–Trinajstić information content (AvgIpc) is 2.97. The third-order valence-electron chi connectivity index (χ3n) is 3.93. The Morgan fingerprint density at radius 1 is 1.19 bits per heavy atom. The quantitative estimate of drug-likeness (QED) is 0.662. The molecule has 3 rings (SSSR count). The highest BCUT2D eigenvalue weighted by molar-refractivity contribution is 7.92. The Morgan fingerprint density at radius 2 is 1.88 bits per heavy atom. The van der Waals surface area contributed by atoms with Crippen molar-refractivity contribution in [2.45, 2.75) is 25.3 Å². The van der Waals surface area contributed by atoms with Gasteiger partial charge in [0.05, 0.1) is 20.1 Å². The molecule has 0 spiro atoms. The predicted octanol–water partition coefficient (Wildman–Crippen LogP) is 3.59. The summed E-state index contributed by atoms with van der Waals surface area (Å²) in [4.78, 5) is 17.0. The van der Waals surface area contributed by atoms with Gasteiger partial charge in [-0.05, 0) is 37.6 Å². The van der Waals surface area contributed by atoms with Crippen molar-refractivity contribution in [3.8, 4) is 0 Å². The van der Waals surface area contributed by atoms with E-state index in [1.165, 1.54) is 23.5 Å². The van der Waals surface area contributed by atoms with E-state index in [-0.39, 0.29) is 4.90 Å². The van der Waals surface area contributed by atoms with Crippen LogP contribution in [-0.2, 0) is 21.2 Å². The molecule has 0 aliphatic heterocycles. The van der Waals surface area contributed by atoms with E-state index in [4.69, 9.17) is 11.6 Å². The monoisotopic (exact) mass is 408 g/mol. The second kappa shape index (κ2) is 7.34. The maximum atomic E-state index is 12.4. The van der Waals surface area contributed by atoms with E-state index in [9.17, 15) is 13.2 Å². The molecule has 0 radical (unpaired) electrons. The van der Waals surface area contributed by atoms with Crippen LogP contribution in [0.25, 0.3) is 10.2 Å². The SMILES string of the molecule is CCn1c(=NC(=O)CS(=O)(=O)c2ccccc2)sc2c(Cl)ccc(C)c21. The lowest BCUT2D eigenvalue weighted by Gasteiger charge is -2.04. The fraction of sp³-hybridized carbons (Fsp3) is 0.222. The first-order valence-corrected chi connectivity index (χ1v) is 10.8. The van der Waals surface area contributed by atoms with Gasteiger partial charge in [-0.25, -0.2) is 8.42 Å². The van der Waals surface area contributed by atoms with Crippen LogP contribution in [0.15, 0.2) is 52.4 Å². The lowest BCUT2D eigenvalue weighted by molar-refractivity contribution is -0.115. The number of aryl methyl sites for hydroxylation is 2. The van der Waals surface area contributed by atoms with Crippen LogP contribution in [0.4, 0.5) is 0 Å². The van der Waals surface area contributed by atoms with E-state index < -0.39 is 21.5 Å². The van der Waals surface area contributed by atoms with Crippen molar-refractivity contribution in [2.75, 3.05) is 5.75 Å². The molecule has 2 aromatic carbocycles. The van der Waals surface area contributed by atoms with Crippen molar-refractivity contribution >= 4 is 48.9 Å². The molecule has 26 heavy (non-hydrogen) atoms. The van der Waals surface area contributed by atoms with Gasteiger partial charge in [0.15, 0.2) is 14.6 Å². The van der Waals surface area contributed by atoms with Gasteiger partial charge in [0.1, 0.15) is 5.75 Å². The van der Waals surface area contributed by atoms with Gasteiger partial charge in [-0.1, -0.05) is 47.2 Å². The molecule has 0 saturated carbocycles. The summed E-state index contributed by atoms with van der Waals surface area (Å²) in [6, 6.07) is 11.6. The van der Waals surface area contributed by atoms with Crippen LogP contribution in [0.3, 0.4) is 0 Å². The summed E-state index contributed by atoms with van der Waals surface area (Å²) < 4.78 is 27.4. The summed E-state index contributed by atoms with van der Waals surface area (Å²) in [5, 5.41) is 0.587. The van der Waals surface area contributed by atoms with Crippen molar-refractivity contribution < 1.29 is 13.2 Å². The van der Waals surface area contributed by atoms with Crippen molar-refractivity contribution in [2.24, 2.45) is 4.99 Å². The highest BCUT2D eigenvalue weighted by atomic mass is 35.5. The summed E-state index contributed by atoms with van der Waals surface area (Å²) in [5.41, 5.74) is 1.94. The Bertz CT molecular complexity index is 1150. The molecule has 136 valence electrons. The molecule has 5 nitrogen and oxygen atoms in total. The van der Waals surface area contributed by atoms with Crippen molar-refractivity contribution in [3.05, 3.63) is 57.9 Å². The molecule has 0 fully saturated rings. The van der Waals surface area contributed by atoms with Crippen LogP contribution < -0.4 is 4.80 Å². The largest absolute Gasteiger partial charge is 0.316 e. The smallest absolute Gasteiger partial charge is 0.263 e. The van der Waals surface area contributed by atoms with Gasteiger partial charge in [0.25, 0.3) is 5.91 Å². The number of carbonyl (C=O) groups is 1. The Balaban J connectivity index is 2.04. The molecular formula is C18H17ClN2O3S2. The number of thiazole rings is 1.